The fraction of sp³-hybridized carbons (Fsp3) is 0.389. The first-order valence-electron chi connectivity index (χ1n) is 8.41. The average Bonchev–Trinajstić information content (AvgIpc) is 2.77. The second-order valence-corrected chi connectivity index (χ2v) is 6.15. The maximum absolute atomic E-state index is 13.4. The second-order valence-electron chi connectivity index (χ2n) is 6.15. The van der Waals surface area contributed by atoms with E-state index in [1.54, 1.807) is 18.2 Å². The zero-order valence-electron chi connectivity index (χ0n) is 13.9. The molecule has 2 heterocycles. The van der Waals surface area contributed by atoms with Gasteiger partial charge in [-0.25, -0.2) is 13.9 Å². The highest BCUT2D eigenvalue weighted by molar-refractivity contribution is 5.80. The van der Waals surface area contributed by atoms with Crippen molar-refractivity contribution < 1.29 is 9.18 Å². The summed E-state index contributed by atoms with van der Waals surface area (Å²) in [5, 5.41) is 7.15. The van der Waals surface area contributed by atoms with Crippen LogP contribution in [-0.4, -0.2) is 26.8 Å². The van der Waals surface area contributed by atoms with E-state index in [2.05, 4.69) is 17.0 Å². The first kappa shape index (κ1) is 17.1. The molecule has 0 radical (unpaired) electrons. The highest BCUT2D eigenvalue weighted by atomic mass is 19.1. The third-order valence-corrected chi connectivity index (χ3v) is 4.33. The van der Waals surface area contributed by atoms with Gasteiger partial charge in [0.15, 0.2) is 0 Å². The number of aryl methyl sites for hydroxylation is 1. The summed E-state index contributed by atoms with van der Waals surface area (Å²) >= 11 is 0. The fourth-order valence-electron chi connectivity index (χ4n) is 3.15. The summed E-state index contributed by atoms with van der Waals surface area (Å²) in [6, 6.07) is 5.52. The minimum atomic E-state index is -0.564. The van der Waals surface area contributed by atoms with Crippen LogP contribution in [0.3, 0.4) is 0 Å². The van der Waals surface area contributed by atoms with E-state index in [1.807, 2.05) is 0 Å². The number of amides is 1. The molecule has 0 fully saturated rings. The number of rotatable bonds is 5. The Labute approximate surface area is 145 Å². The standard InChI is InChI=1S/C18H21FN4O2/c1-2-10-20-17(24)15-8-3-4-9-16-21-22(18(25)23(15)16)12-13-6-5-7-14(19)11-13/h2,5-7,11,15H,1,3-4,8-10,12H2,(H,20,24). The highest BCUT2D eigenvalue weighted by Gasteiger charge is 2.28. The molecular weight excluding hydrogens is 323 g/mol. The Morgan fingerprint density at radius 2 is 2.28 bits per heavy atom. The summed E-state index contributed by atoms with van der Waals surface area (Å²) in [6.45, 7) is 4.12. The SMILES string of the molecule is C=CCNC(=O)C1CCCCc2nn(Cc3cccc(F)c3)c(=O)n21. The summed E-state index contributed by atoms with van der Waals surface area (Å²) in [4.78, 5) is 25.2. The van der Waals surface area contributed by atoms with Crippen molar-refractivity contribution in [3.05, 3.63) is 64.6 Å². The number of halogens is 1. The van der Waals surface area contributed by atoms with Crippen molar-refractivity contribution in [3.63, 3.8) is 0 Å². The molecule has 0 bridgehead atoms. The number of carbonyl (C=O) groups is 1. The van der Waals surface area contributed by atoms with Crippen molar-refractivity contribution in [1.82, 2.24) is 19.7 Å². The van der Waals surface area contributed by atoms with E-state index in [9.17, 15) is 14.0 Å². The van der Waals surface area contributed by atoms with Crippen LogP contribution < -0.4 is 11.0 Å². The minimum Gasteiger partial charge on any atom is -0.351 e. The molecule has 2 aromatic rings. The minimum absolute atomic E-state index is 0.178. The van der Waals surface area contributed by atoms with E-state index < -0.39 is 6.04 Å². The zero-order valence-corrected chi connectivity index (χ0v) is 13.9. The van der Waals surface area contributed by atoms with E-state index in [-0.39, 0.29) is 24.0 Å². The molecule has 1 atom stereocenters. The van der Waals surface area contributed by atoms with Crippen LogP contribution in [0.5, 0.6) is 0 Å². The lowest BCUT2D eigenvalue weighted by molar-refractivity contribution is -0.124. The molecule has 0 saturated heterocycles. The summed E-state index contributed by atoms with van der Waals surface area (Å²) in [7, 11) is 0. The van der Waals surface area contributed by atoms with Crippen molar-refractivity contribution in [2.75, 3.05) is 6.54 Å². The van der Waals surface area contributed by atoms with Crippen LogP contribution in [0.15, 0.2) is 41.7 Å². The third-order valence-electron chi connectivity index (χ3n) is 4.33. The average molecular weight is 344 g/mol. The quantitative estimate of drug-likeness (QED) is 0.841. The van der Waals surface area contributed by atoms with Crippen molar-refractivity contribution in [1.29, 1.82) is 0 Å². The zero-order chi connectivity index (χ0) is 17.8. The first-order chi connectivity index (χ1) is 12.1. The Balaban J connectivity index is 1.93. The molecular formula is C18H21FN4O2. The molecule has 1 N–H and O–H groups in total. The molecule has 0 saturated carbocycles. The molecule has 1 unspecified atom stereocenters. The number of fused-ring (bicyclic) bond motifs is 1. The van der Waals surface area contributed by atoms with Crippen molar-refractivity contribution in [2.45, 2.75) is 38.3 Å². The van der Waals surface area contributed by atoms with Crippen LogP contribution in [0.4, 0.5) is 4.39 Å². The second kappa shape index (κ2) is 7.46. The van der Waals surface area contributed by atoms with Gasteiger partial charge in [-0.05, 0) is 30.5 Å². The van der Waals surface area contributed by atoms with Gasteiger partial charge in [0.05, 0.1) is 6.54 Å². The lowest BCUT2D eigenvalue weighted by Crippen LogP contribution is -2.38. The van der Waals surface area contributed by atoms with E-state index in [1.165, 1.54) is 21.4 Å². The van der Waals surface area contributed by atoms with Crippen LogP contribution in [0.2, 0.25) is 0 Å². The molecule has 1 aliphatic heterocycles. The molecule has 0 aliphatic carbocycles. The fourth-order valence-corrected chi connectivity index (χ4v) is 3.15. The number of benzene rings is 1. The molecule has 6 nitrogen and oxygen atoms in total. The molecule has 7 heteroatoms. The summed E-state index contributed by atoms with van der Waals surface area (Å²) in [5.74, 6) is 0.0566. The van der Waals surface area contributed by atoms with Crippen LogP contribution in [-0.2, 0) is 17.8 Å². The van der Waals surface area contributed by atoms with E-state index in [0.717, 1.165) is 12.8 Å². The Morgan fingerprint density at radius 1 is 1.44 bits per heavy atom. The van der Waals surface area contributed by atoms with Gasteiger partial charge in [0.2, 0.25) is 5.91 Å². The summed E-state index contributed by atoms with van der Waals surface area (Å²) < 4.78 is 16.2. The Kier molecular flexibility index (Phi) is 5.11. The molecule has 25 heavy (non-hydrogen) atoms. The van der Waals surface area contributed by atoms with Gasteiger partial charge in [-0.3, -0.25) is 9.36 Å². The van der Waals surface area contributed by atoms with Gasteiger partial charge in [0.1, 0.15) is 17.7 Å². The normalized spacial score (nSPS) is 16.8. The summed E-state index contributed by atoms with van der Waals surface area (Å²) in [5.41, 5.74) is 0.322. The van der Waals surface area contributed by atoms with Crippen LogP contribution in [0, 0.1) is 5.82 Å². The largest absolute Gasteiger partial charge is 0.351 e. The molecule has 0 spiro atoms. The van der Waals surface area contributed by atoms with Crippen LogP contribution in [0.25, 0.3) is 0 Å². The van der Waals surface area contributed by atoms with Gasteiger partial charge in [-0.15, -0.1) is 6.58 Å². The molecule has 1 amide bonds. The van der Waals surface area contributed by atoms with Gasteiger partial charge in [-0.2, -0.15) is 5.10 Å². The molecule has 1 aliphatic rings. The lowest BCUT2D eigenvalue weighted by Gasteiger charge is -2.15. The maximum atomic E-state index is 13.4. The number of hydrogen-bond acceptors (Lipinski definition) is 3. The Hall–Kier alpha value is -2.70. The number of nitrogens with zero attached hydrogens (tertiary/aromatic N) is 3. The molecule has 1 aromatic carbocycles. The van der Waals surface area contributed by atoms with Gasteiger partial charge in [0.25, 0.3) is 0 Å². The maximum Gasteiger partial charge on any atom is 0.346 e. The molecule has 1 aromatic heterocycles. The lowest BCUT2D eigenvalue weighted by atomic mass is 10.1. The van der Waals surface area contributed by atoms with Crippen molar-refractivity contribution >= 4 is 5.91 Å². The number of hydrogen-bond donors (Lipinski definition) is 1. The van der Waals surface area contributed by atoms with E-state index in [0.29, 0.717) is 30.8 Å². The predicted molar refractivity (Wildman–Crippen MR) is 91.8 cm³/mol. The van der Waals surface area contributed by atoms with Gasteiger partial charge >= 0.3 is 5.69 Å². The predicted octanol–water partition coefficient (Wildman–Crippen LogP) is 1.80. The van der Waals surface area contributed by atoms with E-state index >= 15 is 0 Å². The number of nitrogens with one attached hydrogen (secondary N) is 1. The number of aromatic nitrogens is 3. The van der Waals surface area contributed by atoms with Gasteiger partial charge in [-0.1, -0.05) is 24.6 Å². The van der Waals surface area contributed by atoms with Gasteiger partial charge in [0, 0.05) is 13.0 Å². The first-order valence-corrected chi connectivity index (χ1v) is 8.41. The Morgan fingerprint density at radius 3 is 3.04 bits per heavy atom. The number of carbonyl (C=O) groups excluding carboxylic acids is 1. The monoisotopic (exact) mass is 344 g/mol. The molecule has 3 rings (SSSR count). The van der Waals surface area contributed by atoms with Crippen molar-refractivity contribution in [2.24, 2.45) is 0 Å². The highest BCUT2D eigenvalue weighted by Crippen LogP contribution is 2.21. The van der Waals surface area contributed by atoms with Crippen molar-refractivity contribution in [3.8, 4) is 0 Å². The topological polar surface area (TPSA) is 68.9 Å². The van der Waals surface area contributed by atoms with E-state index in [4.69, 9.17) is 0 Å². The summed E-state index contributed by atoms with van der Waals surface area (Å²) in [6.07, 6.45) is 4.59. The third kappa shape index (κ3) is 3.70. The Bertz CT molecular complexity index is 840. The molecule has 132 valence electrons. The van der Waals surface area contributed by atoms with Crippen LogP contribution in [0.1, 0.15) is 36.7 Å². The van der Waals surface area contributed by atoms with Gasteiger partial charge < -0.3 is 5.32 Å². The van der Waals surface area contributed by atoms with Crippen LogP contribution >= 0.6 is 0 Å². The smallest absolute Gasteiger partial charge is 0.346 e.